The smallest absolute Gasteiger partial charge is 0.234 e. The second-order valence-corrected chi connectivity index (χ2v) is 6.17. The van der Waals surface area contributed by atoms with E-state index in [1.807, 2.05) is 11.8 Å². The lowest BCUT2D eigenvalue weighted by Gasteiger charge is -2.37. The highest BCUT2D eigenvalue weighted by Crippen LogP contribution is 2.25. The highest BCUT2D eigenvalue weighted by atomic mass is 16.2. The molecule has 1 saturated carbocycles. The van der Waals surface area contributed by atoms with Crippen molar-refractivity contribution in [2.75, 3.05) is 39.3 Å². The lowest BCUT2D eigenvalue weighted by molar-refractivity contribution is -0.138. The van der Waals surface area contributed by atoms with Crippen LogP contribution in [0, 0.1) is 5.92 Å². The Bertz CT molecular complexity index is 359. The number of nitrogens with zero attached hydrogens (tertiary/aromatic N) is 2. The Morgan fingerprint density at radius 3 is 2.29 bits per heavy atom. The molecule has 21 heavy (non-hydrogen) atoms. The monoisotopic (exact) mass is 296 g/mol. The molecular formula is C15H28N4O2. The summed E-state index contributed by atoms with van der Waals surface area (Å²) < 4.78 is 0. The summed E-state index contributed by atoms with van der Waals surface area (Å²) in [6.45, 7) is 6.08. The zero-order chi connectivity index (χ0) is 15.2. The van der Waals surface area contributed by atoms with Crippen LogP contribution < -0.4 is 11.1 Å². The fourth-order valence-electron chi connectivity index (χ4n) is 3.21. The highest BCUT2D eigenvalue weighted by Gasteiger charge is 2.30. The van der Waals surface area contributed by atoms with Crippen molar-refractivity contribution >= 4 is 11.8 Å². The van der Waals surface area contributed by atoms with E-state index in [2.05, 4.69) is 10.2 Å². The number of hydrogen-bond donors (Lipinski definition) is 2. The molecule has 1 aliphatic heterocycles. The molecule has 1 heterocycles. The van der Waals surface area contributed by atoms with Crippen LogP contribution >= 0.6 is 0 Å². The molecule has 0 bridgehead atoms. The van der Waals surface area contributed by atoms with Crippen molar-refractivity contribution in [1.29, 1.82) is 0 Å². The van der Waals surface area contributed by atoms with Gasteiger partial charge in [-0.05, 0) is 32.6 Å². The lowest BCUT2D eigenvalue weighted by atomic mass is 9.85. The van der Waals surface area contributed by atoms with Crippen LogP contribution in [0.25, 0.3) is 0 Å². The van der Waals surface area contributed by atoms with Gasteiger partial charge in [0.05, 0.1) is 6.54 Å². The number of rotatable bonds is 4. The first-order valence-electron chi connectivity index (χ1n) is 8.13. The quantitative estimate of drug-likeness (QED) is 0.752. The summed E-state index contributed by atoms with van der Waals surface area (Å²) >= 11 is 0. The summed E-state index contributed by atoms with van der Waals surface area (Å²) in [4.78, 5) is 28.1. The van der Waals surface area contributed by atoms with Crippen LogP contribution in [0.5, 0.6) is 0 Å². The van der Waals surface area contributed by atoms with E-state index in [4.69, 9.17) is 5.73 Å². The number of hydrogen-bond acceptors (Lipinski definition) is 4. The van der Waals surface area contributed by atoms with E-state index in [0.29, 0.717) is 19.0 Å². The van der Waals surface area contributed by atoms with Crippen LogP contribution in [-0.4, -0.2) is 66.9 Å². The van der Waals surface area contributed by atoms with E-state index in [-0.39, 0.29) is 17.9 Å². The standard InChI is InChI=1S/C15H28N4O2/c1-2-17-14(20)11-18-7-9-19(10-8-18)15(21)12-3-5-13(16)6-4-12/h12-13H,2-11,16H2,1H3,(H,17,20). The van der Waals surface area contributed by atoms with Crippen LogP contribution in [0.4, 0.5) is 0 Å². The normalized spacial score (nSPS) is 27.4. The minimum atomic E-state index is 0.0681. The highest BCUT2D eigenvalue weighted by molar-refractivity contribution is 5.79. The topological polar surface area (TPSA) is 78.7 Å². The van der Waals surface area contributed by atoms with Crippen molar-refractivity contribution in [3.63, 3.8) is 0 Å². The lowest BCUT2D eigenvalue weighted by Crippen LogP contribution is -2.52. The Morgan fingerprint density at radius 1 is 1.10 bits per heavy atom. The van der Waals surface area contributed by atoms with Crippen molar-refractivity contribution < 1.29 is 9.59 Å². The average molecular weight is 296 g/mol. The van der Waals surface area contributed by atoms with E-state index in [0.717, 1.165) is 51.9 Å². The largest absolute Gasteiger partial charge is 0.355 e. The number of nitrogens with two attached hydrogens (primary N) is 1. The van der Waals surface area contributed by atoms with Gasteiger partial charge in [-0.25, -0.2) is 0 Å². The van der Waals surface area contributed by atoms with Crippen LogP contribution in [0.3, 0.4) is 0 Å². The molecule has 0 spiro atoms. The van der Waals surface area contributed by atoms with Gasteiger partial charge in [-0.15, -0.1) is 0 Å². The number of piperazine rings is 1. The second kappa shape index (κ2) is 7.75. The van der Waals surface area contributed by atoms with Crippen LogP contribution in [0.1, 0.15) is 32.6 Å². The average Bonchev–Trinajstić information content (AvgIpc) is 2.48. The van der Waals surface area contributed by atoms with Crippen molar-refractivity contribution in [3.8, 4) is 0 Å². The molecule has 6 nitrogen and oxygen atoms in total. The Labute approximate surface area is 127 Å². The Kier molecular flexibility index (Phi) is 5.99. The van der Waals surface area contributed by atoms with E-state index < -0.39 is 0 Å². The van der Waals surface area contributed by atoms with Gasteiger partial charge < -0.3 is 16.0 Å². The summed E-state index contributed by atoms with van der Waals surface area (Å²) in [6.07, 6.45) is 3.79. The minimum Gasteiger partial charge on any atom is -0.355 e. The van der Waals surface area contributed by atoms with E-state index >= 15 is 0 Å². The molecule has 3 N–H and O–H groups in total. The SMILES string of the molecule is CCNC(=O)CN1CCN(C(=O)C2CCC(N)CC2)CC1. The van der Waals surface area contributed by atoms with Crippen LogP contribution in [0.2, 0.25) is 0 Å². The molecular weight excluding hydrogens is 268 g/mol. The molecule has 0 atom stereocenters. The fourth-order valence-corrected chi connectivity index (χ4v) is 3.21. The summed E-state index contributed by atoms with van der Waals surface area (Å²) in [7, 11) is 0. The third kappa shape index (κ3) is 4.68. The van der Waals surface area contributed by atoms with Gasteiger partial charge in [0.2, 0.25) is 11.8 Å². The maximum absolute atomic E-state index is 12.5. The van der Waals surface area contributed by atoms with Gasteiger partial charge in [-0.3, -0.25) is 14.5 Å². The number of amides is 2. The van der Waals surface area contributed by atoms with Gasteiger partial charge in [0.1, 0.15) is 0 Å². The molecule has 0 unspecified atom stereocenters. The summed E-state index contributed by atoms with van der Waals surface area (Å²) in [5.74, 6) is 0.526. The molecule has 2 rings (SSSR count). The van der Waals surface area contributed by atoms with E-state index in [1.165, 1.54) is 0 Å². The number of nitrogens with one attached hydrogen (secondary N) is 1. The van der Waals surface area contributed by atoms with Gasteiger partial charge >= 0.3 is 0 Å². The molecule has 2 fully saturated rings. The fraction of sp³-hybridized carbons (Fsp3) is 0.867. The summed E-state index contributed by atoms with van der Waals surface area (Å²) in [5, 5.41) is 2.81. The van der Waals surface area contributed by atoms with Crippen molar-refractivity contribution in [2.24, 2.45) is 11.7 Å². The summed E-state index contributed by atoms with van der Waals surface area (Å²) in [5.41, 5.74) is 5.90. The second-order valence-electron chi connectivity index (χ2n) is 6.17. The molecule has 1 aliphatic carbocycles. The Balaban J connectivity index is 1.73. The first kappa shape index (κ1) is 16.2. The van der Waals surface area contributed by atoms with Crippen LogP contribution in [0.15, 0.2) is 0 Å². The van der Waals surface area contributed by atoms with Crippen molar-refractivity contribution in [3.05, 3.63) is 0 Å². The van der Waals surface area contributed by atoms with Gasteiger partial charge in [0, 0.05) is 44.7 Å². The zero-order valence-corrected chi connectivity index (χ0v) is 13.0. The Morgan fingerprint density at radius 2 is 1.71 bits per heavy atom. The molecule has 0 aromatic rings. The molecule has 0 aromatic carbocycles. The van der Waals surface area contributed by atoms with Crippen LogP contribution in [-0.2, 0) is 9.59 Å². The first-order valence-corrected chi connectivity index (χ1v) is 8.13. The predicted molar refractivity (Wildman–Crippen MR) is 81.6 cm³/mol. The minimum absolute atomic E-state index is 0.0681. The number of carbonyl (C=O) groups is 2. The molecule has 0 radical (unpaired) electrons. The molecule has 1 saturated heterocycles. The third-order valence-corrected chi connectivity index (χ3v) is 4.55. The van der Waals surface area contributed by atoms with E-state index in [1.54, 1.807) is 0 Å². The Hall–Kier alpha value is -1.14. The molecule has 2 amide bonds. The van der Waals surface area contributed by atoms with Gasteiger partial charge in [-0.2, -0.15) is 0 Å². The molecule has 2 aliphatic rings. The third-order valence-electron chi connectivity index (χ3n) is 4.55. The van der Waals surface area contributed by atoms with Gasteiger partial charge in [0.15, 0.2) is 0 Å². The molecule has 6 heteroatoms. The van der Waals surface area contributed by atoms with Crippen molar-refractivity contribution in [1.82, 2.24) is 15.1 Å². The van der Waals surface area contributed by atoms with E-state index in [9.17, 15) is 9.59 Å². The van der Waals surface area contributed by atoms with Gasteiger partial charge in [-0.1, -0.05) is 0 Å². The summed E-state index contributed by atoms with van der Waals surface area (Å²) in [6, 6.07) is 0.281. The maximum Gasteiger partial charge on any atom is 0.234 e. The number of carbonyl (C=O) groups excluding carboxylic acids is 2. The zero-order valence-electron chi connectivity index (χ0n) is 13.0. The van der Waals surface area contributed by atoms with Crippen molar-refractivity contribution in [2.45, 2.75) is 38.6 Å². The predicted octanol–water partition coefficient (Wildman–Crippen LogP) is -0.216. The molecule has 0 aromatic heterocycles. The number of likely N-dealkylation sites (N-methyl/N-ethyl adjacent to an activating group) is 1. The maximum atomic E-state index is 12.5. The first-order chi connectivity index (χ1) is 10.1. The molecule has 120 valence electrons. The van der Waals surface area contributed by atoms with Gasteiger partial charge in [0.25, 0.3) is 0 Å².